The van der Waals surface area contributed by atoms with Crippen LogP contribution in [0.5, 0.6) is 5.75 Å². The summed E-state index contributed by atoms with van der Waals surface area (Å²) in [5.41, 5.74) is 4.17. The molecule has 4 heteroatoms. The summed E-state index contributed by atoms with van der Waals surface area (Å²) in [4.78, 5) is 24.4. The van der Waals surface area contributed by atoms with Crippen LogP contribution in [0.1, 0.15) is 44.3 Å². The highest BCUT2D eigenvalue weighted by Gasteiger charge is 2.12. The molecule has 29 heavy (non-hydrogen) atoms. The van der Waals surface area contributed by atoms with Gasteiger partial charge in [-0.2, -0.15) is 0 Å². The average molecular weight is 388 g/mol. The second-order valence-corrected chi connectivity index (χ2v) is 6.85. The molecule has 0 unspecified atom stereocenters. The van der Waals surface area contributed by atoms with Gasteiger partial charge in [0, 0.05) is 5.56 Å². The SMILES string of the molecule is CCc1ccc(C(=O)COC(=O)c2ccc(COc3cccc(C)c3)cc2)cc1. The number of aryl methyl sites for hydroxylation is 2. The van der Waals surface area contributed by atoms with E-state index in [4.69, 9.17) is 9.47 Å². The number of ketones is 1. The molecule has 0 radical (unpaired) electrons. The minimum Gasteiger partial charge on any atom is -0.489 e. The van der Waals surface area contributed by atoms with E-state index >= 15 is 0 Å². The van der Waals surface area contributed by atoms with Crippen molar-refractivity contribution in [1.29, 1.82) is 0 Å². The number of benzene rings is 3. The maximum absolute atomic E-state index is 12.2. The first-order valence-corrected chi connectivity index (χ1v) is 9.63. The van der Waals surface area contributed by atoms with Crippen molar-refractivity contribution in [3.63, 3.8) is 0 Å². The van der Waals surface area contributed by atoms with Gasteiger partial charge in [0.1, 0.15) is 12.4 Å². The van der Waals surface area contributed by atoms with Crippen molar-refractivity contribution in [2.45, 2.75) is 26.9 Å². The van der Waals surface area contributed by atoms with E-state index in [1.54, 1.807) is 24.3 Å². The predicted octanol–water partition coefficient (Wildman–Crippen LogP) is 5.18. The molecule has 0 N–H and O–H groups in total. The molecule has 0 spiro atoms. The van der Waals surface area contributed by atoms with Gasteiger partial charge in [0.25, 0.3) is 0 Å². The number of hydrogen-bond donors (Lipinski definition) is 0. The molecule has 0 aliphatic rings. The summed E-state index contributed by atoms with van der Waals surface area (Å²) in [6, 6.07) is 22.2. The van der Waals surface area contributed by atoms with E-state index < -0.39 is 5.97 Å². The highest BCUT2D eigenvalue weighted by Crippen LogP contribution is 2.15. The molecular weight excluding hydrogens is 364 g/mol. The number of carbonyl (C=O) groups excluding carboxylic acids is 2. The first kappa shape index (κ1) is 20.3. The lowest BCUT2D eigenvalue weighted by Gasteiger charge is -2.08. The molecule has 0 bridgehead atoms. The number of carbonyl (C=O) groups is 2. The van der Waals surface area contributed by atoms with Gasteiger partial charge in [-0.05, 0) is 54.3 Å². The molecule has 0 aromatic heterocycles. The summed E-state index contributed by atoms with van der Waals surface area (Å²) in [6.45, 7) is 4.20. The minimum absolute atomic E-state index is 0.218. The molecule has 0 amide bonds. The number of esters is 1. The Morgan fingerprint density at radius 2 is 1.48 bits per heavy atom. The van der Waals surface area contributed by atoms with Gasteiger partial charge in [0.2, 0.25) is 0 Å². The quantitative estimate of drug-likeness (QED) is 0.394. The van der Waals surface area contributed by atoms with E-state index in [9.17, 15) is 9.59 Å². The lowest BCUT2D eigenvalue weighted by atomic mass is 10.1. The standard InChI is InChI=1S/C25H24O4/c1-3-19-7-11-21(12-8-19)24(26)17-29-25(27)22-13-9-20(10-14-22)16-28-23-6-4-5-18(2)15-23/h4-15H,3,16-17H2,1-2H3. The number of hydrogen-bond acceptors (Lipinski definition) is 4. The third kappa shape index (κ3) is 5.79. The number of rotatable bonds is 8. The van der Waals surface area contributed by atoms with Crippen molar-refractivity contribution in [2.75, 3.05) is 6.61 Å². The smallest absolute Gasteiger partial charge is 0.338 e. The lowest BCUT2D eigenvalue weighted by molar-refractivity contribution is 0.0474. The van der Waals surface area contributed by atoms with Crippen LogP contribution in [0.4, 0.5) is 0 Å². The fourth-order valence-electron chi connectivity index (χ4n) is 2.83. The highest BCUT2D eigenvalue weighted by atomic mass is 16.5. The zero-order valence-electron chi connectivity index (χ0n) is 16.7. The Balaban J connectivity index is 1.51. The van der Waals surface area contributed by atoms with Gasteiger partial charge < -0.3 is 9.47 Å². The molecule has 3 aromatic carbocycles. The fraction of sp³-hybridized carbons (Fsp3) is 0.200. The van der Waals surface area contributed by atoms with Crippen LogP contribution in [-0.2, 0) is 17.8 Å². The molecule has 4 nitrogen and oxygen atoms in total. The molecule has 0 fully saturated rings. The normalized spacial score (nSPS) is 10.4. The van der Waals surface area contributed by atoms with Gasteiger partial charge >= 0.3 is 5.97 Å². The monoisotopic (exact) mass is 388 g/mol. The number of Topliss-reactive ketones (excluding diaryl/α,β-unsaturated/α-hetero) is 1. The Morgan fingerprint density at radius 3 is 2.14 bits per heavy atom. The van der Waals surface area contributed by atoms with Crippen LogP contribution < -0.4 is 4.74 Å². The molecule has 3 rings (SSSR count). The largest absolute Gasteiger partial charge is 0.489 e. The summed E-state index contributed by atoms with van der Waals surface area (Å²) in [5, 5.41) is 0. The molecule has 0 atom stereocenters. The molecular formula is C25H24O4. The second kappa shape index (κ2) is 9.69. The maximum Gasteiger partial charge on any atom is 0.338 e. The topological polar surface area (TPSA) is 52.6 Å². The molecule has 0 aliphatic carbocycles. The molecule has 148 valence electrons. The van der Waals surface area contributed by atoms with E-state index in [2.05, 4.69) is 6.92 Å². The third-order valence-electron chi connectivity index (χ3n) is 4.60. The summed E-state index contributed by atoms with van der Waals surface area (Å²) in [7, 11) is 0. The van der Waals surface area contributed by atoms with Crippen molar-refractivity contribution < 1.29 is 19.1 Å². The summed E-state index contributed by atoms with van der Waals surface area (Å²) in [6.07, 6.45) is 0.912. The van der Waals surface area contributed by atoms with Gasteiger partial charge in [0.15, 0.2) is 12.4 Å². The van der Waals surface area contributed by atoms with E-state index in [1.165, 1.54) is 0 Å². The van der Waals surface area contributed by atoms with Gasteiger partial charge in [-0.25, -0.2) is 4.79 Å². The summed E-state index contributed by atoms with van der Waals surface area (Å²) in [5.74, 6) is 0.0674. The first-order chi connectivity index (χ1) is 14.0. The number of ether oxygens (including phenoxy) is 2. The Morgan fingerprint density at radius 1 is 0.828 bits per heavy atom. The van der Waals surface area contributed by atoms with Crippen LogP contribution in [-0.4, -0.2) is 18.4 Å². The Bertz CT molecular complexity index is 972. The van der Waals surface area contributed by atoms with Crippen LogP contribution >= 0.6 is 0 Å². The van der Waals surface area contributed by atoms with Crippen molar-refractivity contribution in [2.24, 2.45) is 0 Å². The zero-order valence-corrected chi connectivity index (χ0v) is 16.7. The van der Waals surface area contributed by atoms with Gasteiger partial charge in [-0.3, -0.25) is 4.79 Å². The van der Waals surface area contributed by atoms with Crippen molar-refractivity contribution in [3.8, 4) is 5.75 Å². The maximum atomic E-state index is 12.2. The second-order valence-electron chi connectivity index (χ2n) is 6.85. The van der Waals surface area contributed by atoms with E-state index in [0.29, 0.717) is 17.7 Å². The van der Waals surface area contributed by atoms with Crippen LogP contribution in [0, 0.1) is 6.92 Å². The molecule has 0 aliphatic heterocycles. The Kier molecular flexibility index (Phi) is 6.80. The van der Waals surface area contributed by atoms with Gasteiger partial charge in [-0.1, -0.05) is 55.5 Å². The zero-order chi connectivity index (χ0) is 20.6. The minimum atomic E-state index is -0.519. The fourth-order valence-corrected chi connectivity index (χ4v) is 2.83. The van der Waals surface area contributed by atoms with Crippen molar-refractivity contribution >= 4 is 11.8 Å². The van der Waals surface area contributed by atoms with Crippen LogP contribution in [0.25, 0.3) is 0 Å². The Hall–Kier alpha value is -3.40. The van der Waals surface area contributed by atoms with Crippen LogP contribution in [0.2, 0.25) is 0 Å². The van der Waals surface area contributed by atoms with E-state index in [0.717, 1.165) is 28.9 Å². The van der Waals surface area contributed by atoms with Crippen molar-refractivity contribution in [3.05, 3.63) is 101 Å². The predicted molar refractivity (Wildman–Crippen MR) is 112 cm³/mol. The summed E-state index contributed by atoms with van der Waals surface area (Å²) < 4.78 is 10.9. The summed E-state index contributed by atoms with van der Waals surface area (Å²) >= 11 is 0. The van der Waals surface area contributed by atoms with Crippen molar-refractivity contribution in [1.82, 2.24) is 0 Å². The van der Waals surface area contributed by atoms with Crippen LogP contribution in [0.3, 0.4) is 0 Å². The molecule has 3 aromatic rings. The third-order valence-corrected chi connectivity index (χ3v) is 4.60. The van der Waals surface area contributed by atoms with Gasteiger partial charge in [-0.15, -0.1) is 0 Å². The molecule has 0 saturated heterocycles. The lowest BCUT2D eigenvalue weighted by Crippen LogP contribution is -2.14. The van der Waals surface area contributed by atoms with E-state index in [1.807, 2.05) is 55.5 Å². The first-order valence-electron chi connectivity index (χ1n) is 9.63. The average Bonchev–Trinajstić information content (AvgIpc) is 2.76. The molecule has 0 heterocycles. The van der Waals surface area contributed by atoms with Gasteiger partial charge in [0.05, 0.1) is 5.56 Å². The van der Waals surface area contributed by atoms with Crippen LogP contribution in [0.15, 0.2) is 72.8 Å². The van der Waals surface area contributed by atoms with E-state index in [-0.39, 0.29) is 12.4 Å². The molecule has 0 saturated carbocycles. The highest BCUT2D eigenvalue weighted by molar-refractivity contribution is 5.99. The Labute approximate surface area is 171 Å².